The van der Waals surface area contributed by atoms with E-state index in [2.05, 4.69) is 17.2 Å². The van der Waals surface area contributed by atoms with E-state index in [1.54, 1.807) is 18.9 Å². The molecule has 0 aromatic carbocycles. The van der Waals surface area contributed by atoms with Gasteiger partial charge in [-0.1, -0.05) is 5.92 Å². The second kappa shape index (κ2) is 5.60. The summed E-state index contributed by atoms with van der Waals surface area (Å²) < 4.78 is 0. The summed E-state index contributed by atoms with van der Waals surface area (Å²) >= 11 is 0. The van der Waals surface area contributed by atoms with E-state index in [-0.39, 0.29) is 6.03 Å². The fourth-order valence-corrected chi connectivity index (χ4v) is 0.487. The van der Waals surface area contributed by atoms with Crippen LogP contribution in [0.1, 0.15) is 13.8 Å². The Bertz CT molecular complexity index is 178. The number of rotatable bonds is 2. The lowest BCUT2D eigenvalue weighted by atomic mass is 10.6. The van der Waals surface area contributed by atoms with E-state index in [1.165, 1.54) is 0 Å². The van der Waals surface area contributed by atoms with Crippen molar-refractivity contribution in [2.24, 2.45) is 0 Å². The number of nitrogens with one attached hydrogen (secondary N) is 1. The van der Waals surface area contributed by atoms with Crippen LogP contribution >= 0.6 is 0 Å². The molecule has 0 aromatic rings. The Labute approximate surface area is 67.8 Å². The van der Waals surface area contributed by atoms with Gasteiger partial charge in [0.1, 0.15) is 0 Å². The van der Waals surface area contributed by atoms with E-state index in [1.807, 2.05) is 6.92 Å². The summed E-state index contributed by atoms with van der Waals surface area (Å²) in [6.45, 7) is 4.81. The Balaban J connectivity index is 3.57. The summed E-state index contributed by atoms with van der Waals surface area (Å²) in [5.74, 6) is 5.45. The Hall–Kier alpha value is -1.17. The van der Waals surface area contributed by atoms with Gasteiger partial charge < -0.3 is 10.2 Å². The fourth-order valence-electron chi connectivity index (χ4n) is 0.487. The lowest BCUT2D eigenvalue weighted by Gasteiger charge is -2.13. The molecule has 0 aliphatic rings. The summed E-state index contributed by atoms with van der Waals surface area (Å²) in [5.41, 5.74) is 0. The maximum atomic E-state index is 11.0. The Kier molecular flexibility index (Phi) is 5.01. The molecule has 1 N–H and O–H groups in total. The highest BCUT2D eigenvalue weighted by atomic mass is 16.2. The normalized spacial score (nSPS) is 7.91. The topological polar surface area (TPSA) is 32.3 Å². The molecule has 0 spiro atoms. The van der Waals surface area contributed by atoms with Crippen molar-refractivity contribution < 1.29 is 4.79 Å². The van der Waals surface area contributed by atoms with Crippen molar-refractivity contribution >= 4 is 6.03 Å². The van der Waals surface area contributed by atoms with E-state index in [4.69, 9.17) is 0 Å². The first-order valence-electron chi connectivity index (χ1n) is 3.61. The van der Waals surface area contributed by atoms with E-state index in [0.717, 1.165) is 0 Å². The highest BCUT2D eigenvalue weighted by Crippen LogP contribution is 1.80. The minimum absolute atomic E-state index is 0.0738. The quantitative estimate of drug-likeness (QED) is 0.582. The average molecular weight is 154 g/mol. The van der Waals surface area contributed by atoms with Crippen LogP contribution in [0.2, 0.25) is 0 Å². The van der Waals surface area contributed by atoms with Crippen molar-refractivity contribution in [3.63, 3.8) is 0 Å². The van der Waals surface area contributed by atoms with Crippen LogP contribution < -0.4 is 5.32 Å². The van der Waals surface area contributed by atoms with E-state index >= 15 is 0 Å². The van der Waals surface area contributed by atoms with Gasteiger partial charge in [0.25, 0.3) is 0 Å². The molecule has 0 heterocycles. The maximum Gasteiger partial charge on any atom is 0.317 e. The van der Waals surface area contributed by atoms with Crippen molar-refractivity contribution in [1.29, 1.82) is 0 Å². The second-order valence-electron chi connectivity index (χ2n) is 2.10. The van der Waals surface area contributed by atoms with Crippen LogP contribution in [-0.2, 0) is 0 Å². The molecule has 0 saturated carbocycles. The molecule has 0 fully saturated rings. The van der Waals surface area contributed by atoms with Crippen LogP contribution in [0.4, 0.5) is 4.79 Å². The first-order valence-corrected chi connectivity index (χ1v) is 3.61. The van der Waals surface area contributed by atoms with Gasteiger partial charge in [-0.2, -0.15) is 0 Å². The van der Waals surface area contributed by atoms with Crippen LogP contribution in [0.15, 0.2) is 0 Å². The molecule has 0 saturated heterocycles. The van der Waals surface area contributed by atoms with Gasteiger partial charge in [0.15, 0.2) is 0 Å². The largest absolute Gasteiger partial charge is 0.328 e. The minimum atomic E-state index is -0.0738. The van der Waals surface area contributed by atoms with Crippen LogP contribution in [0.25, 0.3) is 0 Å². The molecular formula is C8H14N2O. The number of amides is 2. The van der Waals surface area contributed by atoms with Crippen molar-refractivity contribution in [2.45, 2.75) is 13.8 Å². The predicted octanol–water partition coefficient (Wildman–Crippen LogP) is 0.671. The first kappa shape index (κ1) is 9.83. The van der Waals surface area contributed by atoms with Gasteiger partial charge in [-0.15, -0.1) is 5.92 Å². The van der Waals surface area contributed by atoms with Gasteiger partial charge in [-0.3, -0.25) is 0 Å². The average Bonchev–Trinajstić information content (AvgIpc) is 2.03. The van der Waals surface area contributed by atoms with Gasteiger partial charge in [-0.25, -0.2) is 4.79 Å². The zero-order valence-corrected chi connectivity index (χ0v) is 7.27. The zero-order chi connectivity index (χ0) is 8.69. The van der Waals surface area contributed by atoms with Crippen LogP contribution in [-0.4, -0.2) is 31.1 Å². The molecule has 2 amide bonds. The molecule has 62 valence electrons. The van der Waals surface area contributed by atoms with Gasteiger partial charge in [-0.05, 0) is 13.8 Å². The van der Waals surface area contributed by atoms with Gasteiger partial charge in [0.05, 0.1) is 6.54 Å². The molecule has 0 aromatic heterocycles. The van der Waals surface area contributed by atoms with Gasteiger partial charge >= 0.3 is 6.03 Å². The van der Waals surface area contributed by atoms with Crippen molar-refractivity contribution in [3.8, 4) is 11.8 Å². The zero-order valence-electron chi connectivity index (χ0n) is 7.27. The monoisotopic (exact) mass is 154 g/mol. The molecule has 0 aliphatic carbocycles. The molecule has 0 aliphatic heterocycles. The lowest BCUT2D eigenvalue weighted by Crippen LogP contribution is -2.37. The van der Waals surface area contributed by atoms with E-state index < -0.39 is 0 Å². The van der Waals surface area contributed by atoms with Crippen LogP contribution in [0, 0.1) is 11.8 Å². The smallest absolute Gasteiger partial charge is 0.317 e. The maximum absolute atomic E-state index is 11.0. The number of hydrogen-bond acceptors (Lipinski definition) is 1. The third-order valence-corrected chi connectivity index (χ3v) is 1.33. The summed E-state index contributed by atoms with van der Waals surface area (Å²) in [4.78, 5) is 12.6. The first-order chi connectivity index (χ1) is 5.22. The Morgan fingerprint density at radius 1 is 1.64 bits per heavy atom. The number of urea groups is 1. The minimum Gasteiger partial charge on any atom is -0.328 e. The van der Waals surface area contributed by atoms with Crippen LogP contribution in [0.3, 0.4) is 0 Å². The molecule has 0 radical (unpaired) electrons. The van der Waals surface area contributed by atoms with Crippen molar-refractivity contribution in [1.82, 2.24) is 10.2 Å². The van der Waals surface area contributed by atoms with Crippen molar-refractivity contribution in [2.75, 3.05) is 20.1 Å². The molecule has 0 rings (SSSR count). The second-order valence-corrected chi connectivity index (χ2v) is 2.10. The van der Waals surface area contributed by atoms with E-state index in [9.17, 15) is 4.79 Å². The summed E-state index contributed by atoms with van der Waals surface area (Å²) in [6.07, 6.45) is 0. The molecule has 0 atom stereocenters. The van der Waals surface area contributed by atoms with Crippen molar-refractivity contribution in [3.05, 3.63) is 0 Å². The third kappa shape index (κ3) is 4.26. The van der Waals surface area contributed by atoms with Gasteiger partial charge in [0.2, 0.25) is 0 Å². The summed E-state index contributed by atoms with van der Waals surface area (Å²) in [5, 5.41) is 2.65. The molecule has 11 heavy (non-hydrogen) atoms. The third-order valence-electron chi connectivity index (χ3n) is 1.33. The highest BCUT2D eigenvalue weighted by molar-refractivity contribution is 5.74. The van der Waals surface area contributed by atoms with Gasteiger partial charge in [0, 0.05) is 13.6 Å². The molecule has 3 heteroatoms. The highest BCUT2D eigenvalue weighted by Gasteiger charge is 2.01. The predicted molar refractivity (Wildman–Crippen MR) is 45.2 cm³/mol. The molecule has 0 bridgehead atoms. The number of carbonyl (C=O) groups is 1. The van der Waals surface area contributed by atoms with Crippen LogP contribution in [0.5, 0.6) is 0 Å². The molecule has 3 nitrogen and oxygen atoms in total. The number of nitrogens with zero attached hydrogens (tertiary/aromatic N) is 1. The molecular weight excluding hydrogens is 140 g/mol. The molecule has 0 unspecified atom stereocenters. The van der Waals surface area contributed by atoms with E-state index in [0.29, 0.717) is 13.1 Å². The summed E-state index contributed by atoms with van der Waals surface area (Å²) in [7, 11) is 1.74. The Morgan fingerprint density at radius 3 is 2.73 bits per heavy atom. The number of carbonyl (C=O) groups excluding carboxylic acids is 1. The summed E-state index contributed by atoms with van der Waals surface area (Å²) in [6, 6.07) is -0.0738. The standard InChI is InChI=1S/C8H14N2O/c1-4-6-7-9-8(11)10(3)5-2/h5,7H2,1-3H3,(H,9,11). The number of hydrogen-bond donors (Lipinski definition) is 1. The fraction of sp³-hybridized carbons (Fsp3) is 0.625. The lowest BCUT2D eigenvalue weighted by molar-refractivity contribution is 0.212. The SMILES string of the molecule is CC#CCNC(=O)N(C)CC. The Morgan fingerprint density at radius 2 is 2.27 bits per heavy atom.